The van der Waals surface area contributed by atoms with Crippen LogP contribution in [0.5, 0.6) is 11.5 Å². The number of amides is 2. The molecule has 0 aromatic heterocycles. The Labute approximate surface area is 275 Å². The number of anilines is 1. The van der Waals surface area contributed by atoms with Gasteiger partial charge in [0.05, 0.1) is 38.1 Å². The quantitative estimate of drug-likeness (QED) is 0.259. The first-order chi connectivity index (χ1) is 22.0. The van der Waals surface area contributed by atoms with E-state index in [1.54, 1.807) is 34.9 Å². The van der Waals surface area contributed by atoms with Gasteiger partial charge < -0.3 is 29.9 Å². The Morgan fingerprint density at radius 2 is 1.74 bits per heavy atom. The van der Waals surface area contributed by atoms with Crippen LogP contribution >= 0.6 is 24.0 Å². The van der Waals surface area contributed by atoms with Gasteiger partial charge in [-0.1, -0.05) is 42.5 Å². The van der Waals surface area contributed by atoms with Crippen LogP contribution in [0.2, 0.25) is 0 Å². The lowest BCUT2D eigenvalue weighted by atomic mass is 9.87. The molecule has 13 heteroatoms. The van der Waals surface area contributed by atoms with Crippen LogP contribution in [0, 0.1) is 0 Å². The Balaban J connectivity index is 1.47. The van der Waals surface area contributed by atoms with Crippen LogP contribution in [-0.4, -0.2) is 71.1 Å². The number of carbonyl (C=O) groups is 2. The molecule has 8 nitrogen and oxygen atoms in total. The molecule has 2 aliphatic rings. The van der Waals surface area contributed by atoms with E-state index in [9.17, 15) is 22.8 Å². The zero-order valence-corrected chi connectivity index (χ0v) is 27.1. The van der Waals surface area contributed by atoms with Crippen LogP contribution in [0.1, 0.15) is 35.6 Å². The molecule has 1 atom stereocenters. The summed E-state index contributed by atoms with van der Waals surface area (Å²) < 4.78 is 50.8. The molecule has 2 fully saturated rings. The summed E-state index contributed by atoms with van der Waals surface area (Å²) in [6, 6.07) is 19.3. The molecule has 3 aromatic rings. The molecule has 46 heavy (non-hydrogen) atoms. The van der Waals surface area contributed by atoms with Gasteiger partial charge in [0.1, 0.15) is 17.0 Å². The van der Waals surface area contributed by atoms with Crippen molar-refractivity contribution < 1.29 is 32.2 Å². The summed E-state index contributed by atoms with van der Waals surface area (Å²) >= 11 is 7.28. The van der Waals surface area contributed by atoms with Crippen molar-refractivity contribution in [1.82, 2.24) is 15.1 Å². The molecule has 3 aromatic carbocycles. The third-order valence-corrected chi connectivity index (χ3v) is 9.72. The number of hydrogen-bond acceptors (Lipinski definition) is 6. The van der Waals surface area contributed by atoms with Crippen molar-refractivity contribution in [3.05, 3.63) is 89.5 Å². The van der Waals surface area contributed by atoms with Crippen LogP contribution < -0.4 is 20.1 Å². The number of carbonyl (C=O) groups excluding carboxylic acids is 2. The lowest BCUT2D eigenvalue weighted by molar-refractivity contribution is -0.147. The molecule has 244 valence electrons. The number of benzene rings is 3. The zero-order chi connectivity index (χ0) is 32.9. The molecule has 5 rings (SSSR count). The van der Waals surface area contributed by atoms with E-state index in [1.807, 2.05) is 30.3 Å². The Morgan fingerprint density at radius 1 is 1.04 bits per heavy atom. The van der Waals surface area contributed by atoms with Crippen LogP contribution in [0.15, 0.2) is 72.8 Å². The molecule has 2 aliphatic heterocycles. The number of nitrogens with zero attached hydrogens (tertiary/aromatic N) is 2. The number of nitrogens with one attached hydrogen (secondary N) is 2. The van der Waals surface area contributed by atoms with E-state index in [1.165, 1.54) is 31.3 Å². The molecule has 0 spiro atoms. The first-order valence-electron chi connectivity index (χ1n) is 14.7. The molecule has 0 radical (unpaired) electrons. The summed E-state index contributed by atoms with van der Waals surface area (Å²) in [5.41, 5.74) is -0.178. The fourth-order valence-electron chi connectivity index (χ4n) is 5.78. The molecule has 2 amide bonds. The van der Waals surface area contributed by atoms with Crippen LogP contribution in [0.25, 0.3) is 0 Å². The fraction of sp³-hybridized carbons (Fsp3) is 0.364. The molecule has 2 heterocycles. The standard InChI is InChI=1S/C33H35F3N4O4S2/c1-43-25-12-13-26(28(18-25)44-2)37-30(42)32(14-16-46-17-15-32)40(19-22-8-10-24(11-9-22)33(34,35)36)29(41)21-39-20-27(38-31(39)45)23-6-4-3-5-7-23/h3-13,18,27H,14-17,19-21H2,1-2H3,(H,37,42)(H,38,45)/t27-/m1/s1. The summed E-state index contributed by atoms with van der Waals surface area (Å²) in [6.07, 6.45) is -3.80. The summed E-state index contributed by atoms with van der Waals surface area (Å²) in [4.78, 5) is 32.0. The smallest absolute Gasteiger partial charge is 0.416 e. The van der Waals surface area contributed by atoms with Gasteiger partial charge in [-0.2, -0.15) is 24.9 Å². The van der Waals surface area contributed by atoms with Gasteiger partial charge in [0.2, 0.25) is 5.91 Å². The van der Waals surface area contributed by atoms with E-state index >= 15 is 0 Å². The van der Waals surface area contributed by atoms with Gasteiger partial charge in [0.15, 0.2) is 5.11 Å². The molecule has 0 unspecified atom stereocenters. The van der Waals surface area contributed by atoms with E-state index < -0.39 is 23.2 Å². The Bertz CT molecular complexity index is 1550. The summed E-state index contributed by atoms with van der Waals surface area (Å²) in [5.74, 6) is 1.39. The van der Waals surface area contributed by atoms with E-state index in [0.29, 0.717) is 58.8 Å². The molecule has 2 saturated heterocycles. The number of thiocarbonyl (C=S) groups is 1. The maximum atomic E-state index is 14.4. The second kappa shape index (κ2) is 14.2. The Kier molecular flexibility index (Phi) is 10.3. The minimum Gasteiger partial charge on any atom is -0.497 e. The van der Waals surface area contributed by atoms with Gasteiger partial charge >= 0.3 is 6.18 Å². The highest BCUT2D eigenvalue weighted by Crippen LogP contribution is 2.38. The van der Waals surface area contributed by atoms with Crippen molar-refractivity contribution in [1.29, 1.82) is 0 Å². The highest BCUT2D eigenvalue weighted by atomic mass is 32.2. The lowest BCUT2D eigenvalue weighted by Gasteiger charge is -2.45. The van der Waals surface area contributed by atoms with E-state index in [0.717, 1.165) is 17.7 Å². The number of thioether (sulfide) groups is 1. The van der Waals surface area contributed by atoms with Gasteiger partial charge in [0.25, 0.3) is 5.91 Å². The first-order valence-corrected chi connectivity index (χ1v) is 16.3. The summed E-state index contributed by atoms with van der Waals surface area (Å²) in [7, 11) is 3.00. The topological polar surface area (TPSA) is 83.1 Å². The van der Waals surface area contributed by atoms with Gasteiger partial charge in [-0.05, 0) is 72.0 Å². The van der Waals surface area contributed by atoms with E-state index in [4.69, 9.17) is 21.7 Å². The number of methoxy groups -OCH3 is 2. The summed E-state index contributed by atoms with van der Waals surface area (Å²) in [6.45, 7) is 0.273. The second-order valence-electron chi connectivity index (χ2n) is 11.1. The fourth-order valence-corrected chi connectivity index (χ4v) is 7.23. The van der Waals surface area contributed by atoms with Crippen molar-refractivity contribution in [3.63, 3.8) is 0 Å². The molecule has 2 N–H and O–H groups in total. The van der Waals surface area contributed by atoms with Crippen LogP contribution in [0.4, 0.5) is 18.9 Å². The molecular weight excluding hydrogens is 638 g/mol. The SMILES string of the molecule is COc1ccc(NC(=O)C2(N(Cc3ccc(C(F)(F)F)cc3)C(=O)CN3C[C@H](c4ccccc4)NC3=S)CCSCC2)c(OC)c1. The average molecular weight is 673 g/mol. The maximum Gasteiger partial charge on any atom is 0.416 e. The molecular formula is C33H35F3N4O4S2. The molecule has 0 saturated carbocycles. The summed E-state index contributed by atoms with van der Waals surface area (Å²) in [5, 5.41) is 6.67. The van der Waals surface area contributed by atoms with Crippen molar-refractivity contribution in [2.24, 2.45) is 0 Å². The largest absolute Gasteiger partial charge is 0.497 e. The van der Waals surface area contributed by atoms with Crippen LogP contribution in [0.3, 0.4) is 0 Å². The second-order valence-corrected chi connectivity index (χ2v) is 12.7. The predicted molar refractivity (Wildman–Crippen MR) is 176 cm³/mol. The lowest BCUT2D eigenvalue weighted by Crippen LogP contribution is -2.61. The third-order valence-electron chi connectivity index (χ3n) is 8.36. The Hall–Kier alpha value is -3.97. The van der Waals surface area contributed by atoms with E-state index in [2.05, 4.69) is 10.6 Å². The van der Waals surface area contributed by atoms with Crippen molar-refractivity contribution >= 4 is 46.6 Å². The van der Waals surface area contributed by atoms with E-state index in [-0.39, 0.29) is 25.0 Å². The minimum absolute atomic E-state index is 0.0645. The average Bonchev–Trinajstić information content (AvgIpc) is 3.43. The zero-order valence-electron chi connectivity index (χ0n) is 25.4. The van der Waals surface area contributed by atoms with Crippen molar-refractivity contribution in [2.75, 3.05) is 44.1 Å². The minimum atomic E-state index is -4.50. The van der Waals surface area contributed by atoms with Crippen LogP contribution in [-0.2, 0) is 22.3 Å². The van der Waals surface area contributed by atoms with Crippen molar-refractivity contribution in [2.45, 2.75) is 37.1 Å². The van der Waals surface area contributed by atoms with Gasteiger partial charge in [-0.15, -0.1) is 0 Å². The number of hydrogen-bond donors (Lipinski definition) is 2. The first kappa shape index (κ1) is 33.4. The molecule has 0 bridgehead atoms. The number of halogens is 3. The third kappa shape index (κ3) is 7.36. The van der Waals surface area contributed by atoms with Gasteiger partial charge in [0, 0.05) is 19.2 Å². The number of ether oxygens (including phenoxy) is 2. The highest BCUT2D eigenvalue weighted by Gasteiger charge is 2.48. The van der Waals surface area contributed by atoms with Crippen molar-refractivity contribution in [3.8, 4) is 11.5 Å². The van der Waals surface area contributed by atoms with Gasteiger partial charge in [-0.25, -0.2) is 0 Å². The maximum absolute atomic E-state index is 14.4. The predicted octanol–water partition coefficient (Wildman–Crippen LogP) is 5.89. The highest BCUT2D eigenvalue weighted by molar-refractivity contribution is 7.99. The molecule has 0 aliphatic carbocycles. The number of rotatable bonds is 10. The van der Waals surface area contributed by atoms with Gasteiger partial charge in [-0.3, -0.25) is 9.59 Å². The normalized spacial score (nSPS) is 17.6. The number of alkyl halides is 3. The monoisotopic (exact) mass is 672 g/mol. The Morgan fingerprint density at radius 3 is 2.37 bits per heavy atom.